The Labute approximate surface area is 182 Å². The number of alkyl halides is 3. The number of rotatable bonds is 6. The van der Waals surface area contributed by atoms with Crippen LogP contribution in [0.1, 0.15) is 43.7 Å². The predicted octanol–water partition coefficient (Wildman–Crippen LogP) is 2.94. The lowest BCUT2D eigenvalue weighted by molar-refractivity contribution is -0.138. The highest BCUT2D eigenvalue weighted by molar-refractivity contribution is 7.89. The summed E-state index contributed by atoms with van der Waals surface area (Å²) in [5, 5.41) is 0. The van der Waals surface area contributed by atoms with Crippen LogP contribution in [-0.4, -0.2) is 72.9 Å². The number of halogens is 3. The molecule has 0 spiro atoms. The van der Waals surface area contributed by atoms with Gasteiger partial charge in [0.15, 0.2) is 0 Å². The van der Waals surface area contributed by atoms with E-state index in [0.29, 0.717) is 52.1 Å². The van der Waals surface area contributed by atoms with Gasteiger partial charge in [-0.2, -0.15) is 17.5 Å². The van der Waals surface area contributed by atoms with Gasteiger partial charge < -0.3 is 4.90 Å². The molecule has 0 radical (unpaired) electrons. The zero-order valence-corrected chi connectivity index (χ0v) is 18.6. The summed E-state index contributed by atoms with van der Waals surface area (Å²) in [7, 11) is -3.44. The van der Waals surface area contributed by atoms with Crippen molar-refractivity contribution in [3.63, 3.8) is 0 Å². The number of benzene rings is 1. The number of carbonyl (C=O) groups is 1. The molecule has 1 aromatic rings. The summed E-state index contributed by atoms with van der Waals surface area (Å²) >= 11 is 0. The Kier molecular flexibility index (Phi) is 7.64. The summed E-state index contributed by atoms with van der Waals surface area (Å²) in [5.74, 6) is -0.0777. The van der Waals surface area contributed by atoms with E-state index in [9.17, 15) is 26.4 Å². The molecule has 0 aromatic heterocycles. The standard InChI is InChI=1S/C21H30F3N3O3S/c1-2-15-31(29,30)27-10-4-3-5-19(27)20(28)26-13-11-25(12-14-26)16-17-6-8-18(9-7-17)21(22,23)24/h6-9,19H,2-5,10-16H2,1H3. The molecule has 3 rings (SSSR count). The molecule has 2 aliphatic rings. The lowest BCUT2D eigenvalue weighted by Crippen LogP contribution is -2.57. The topological polar surface area (TPSA) is 60.9 Å². The minimum absolute atomic E-state index is 0.0533. The average molecular weight is 462 g/mol. The van der Waals surface area contributed by atoms with Gasteiger partial charge in [0.1, 0.15) is 6.04 Å². The van der Waals surface area contributed by atoms with Crippen molar-refractivity contribution in [1.29, 1.82) is 0 Å². The molecule has 6 nitrogen and oxygen atoms in total. The zero-order valence-electron chi connectivity index (χ0n) is 17.8. The molecule has 1 amide bonds. The SMILES string of the molecule is CCCS(=O)(=O)N1CCCCC1C(=O)N1CCN(Cc2ccc(C(F)(F)F)cc2)CC1. The van der Waals surface area contributed by atoms with E-state index >= 15 is 0 Å². The Balaban J connectivity index is 1.56. The fourth-order valence-corrected chi connectivity index (χ4v) is 6.00. The van der Waals surface area contributed by atoms with Crippen LogP contribution in [0.5, 0.6) is 0 Å². The van der Waals surface area contributed by atoms with Crippen LogP contribution < -0.4 is 0 Å². The number of piperidine rings is 1. The summed E-state index contributed by atoms with van der Waals surface area (Å²) in [4.78, 5) is 16.9. The first kappa shape index (κ1) is 24.0. The van der Waals surface area contributed by atoms with Gasteiger partial charge in [-0.1, -0.05) is 25.5 Å². The molecule has 0 N–H and O–H groups in total. The molecule has 2 saturated heterocycles. The molecule has 2 fully saturated rings. The van der Waals surface area contributed by atoms with E-state index in [4.69, 9.17) is 0 Å². The number of carbonyl (C=O) groups excluding carboxylic acids is 1. The van der Waals surface area contributed by atoms with Gasteiger partial charge in [0.25, 0.3) is 0 Å². The number of nitrogens with zero attached hydrogens (tertiary/aromatic N) is 3. The summed E-state index contributed by atoms with van der Waals surface area (Å²) in [6, 6.07) is 4.52. The van der Waals surface area contributed by atoms with Gasteiger partial charge in [0.05, 0.1) is 11.3 Å². The summed E-state index contributed by atoms with van der Waals surface area (Å²) in [6.07, 6.45) is -1.67. The van der Waals surface area contributed by atoms with Gasteiger partial charge in [-0.15, -0.1) is 0 Å². The highest BCUT2D eigenvalue weighted by Crippen LogP contribution is 2.29. The van der Waals surface area contributed by atoms with Gasteiger partial charge in [-0.25, -0.2) is 8.42 Å². The van der Waals surface area contributed by atoms with Crippen LogP contribution in [0.15, 0.2) is 24.3 Å². The van der Waals surface area contributed by atoms with Gasteiger partial charge in [-0.05, 0) is 37.0 Å². The Morgan fingerprint density at radius 2 is 1.68 bits per heavy atom. The first-order valence-electron chi connectivity index (χ1n) is 10.8. The highest BCUT2D eigenvalue weighted by Gasteiger charge is 2.38. The maximum Gasteiger partial charge on any atom is 0.416 e. The lowest BCUT2D eigenvalue weighted by Gasteiger charge is -2.40. The first-order valence-corrected chi connectivity index (χ1v) is 12.4. The van der Waals surface area contributed by atoms with Crippen LogP contribution in [-0.2, 0) is 27.5 Å². The Morgan fingerprint density at radius 1 is 1.03 bits per heavy atom. The molecule has 174 valence electrons. The van der Waals surface area contributed by atoms with E-state index in [2.05, 4.69) is 4.90 Å². The molecule has 2 aliphatic heterocycles. The monoisotopic (exact) mass is 461 g/mol. The van der Waals surface area contributed by atoms with Crippen molar-refractivity contribution in [2.24, 2.45) is 0 Å². The number of amides is 1. The Bertz CT molecular complexity index is 851. The van der Waals surface area contributed by atoms with Crippen LogP contribution in [0, 0.1) is 0 Å². The van der Waals surface area contributed by atoms with Crippen LogP contribution in [0.2, 0.25) is 0 Å². The minimum atomic E-state index is -4.35. The minimum Gasteiger partial charge on any atom is -0.339 e. The number of sulfonamides is 1. The maximum atomic E-state index is 13.1. The van der Waals surface area contributed by atoms with Crippen LogP contribution in [0.4, 0.5) is 13.2 Å². The molecule has 1 aromatic carbocycles. The Hall–Kier alpha value is -1.65. The van der Waals surface area contributed by atoms with Crippen LogP contribution >= 0.6 is 0 Å². The molecule has 10 heteroatoms. The molecule has 31 heavy (non-hydrogen) atoms. The van der Waals surface area contributed by atoms with E-state index < -0.39 is 27.8 Å². The molecule has 2 heterocycles. The molecular formula is C21H30F3N3O3S. The fraction of sp³-hybridized carbons (Fsp3) is 0.667. The number of piperazine rings is 1. The normalized spacial score (nSPS) is 21.9. The summed E-state index contributed by atoms with van der Waals surface area (Å²) in [5.41, 5.74) is 0.124. The molecular weight excluding hydrogens is 431 g/mol. The highest BCUT2D eigenvalue weighted by atomic mass is 32.2. The molecule has 1 unspecified atom stereocenters. The second kappa shape index (κ2) is 9.87. The molecule has 1 atom stereocenters. The third-order valence-corrected chi connectivity index (χ3v) is 8.01. The van der Waals surface area contributed by atoms with Crippen molar-refractivity contribution in [3.05, 3.63) is 35.4 Å². The van der Waals surface area contributed by atoms with Crippen molar-refractivity contribution in [2.75, 3.05) is 38.5 Å². The summed E-state index contributed by atoms with van der Waals surface area (Å²) in [6.45, 7) is 4.89. The van der Waals surface area contributed by atoms with Gasteiger partial charge in [0, 0.05) is 39.3 Å². The van der Waals surface area contributed by atoms with Crippen molar-refractivity contribution >= 4 is 15.9 Å². The first-order chi connectivity index (χ1) is 14.6. The van der Waals surface area contributed by atoms with E-state index in [0.717, 1.165) is 30.5 Å². The average Bonchev–Trinajstić information content (AvgIpc) is 2.73. The van der Waals surface area contributed by atoms with Gasteiger partial charge in [-0.3, -0.25) is 9.69 Å². The van der Waals surface area contributed by atoms with Crippen molar-refractivity contribution < 1.29 is 26.4 Å². The van der Waals surface area contributed by atoms with Gasteiger partial charge in [0.2, 0.25) is 15.9 Å². The third-order valence-electron chi connectivity index (χ3n) is 5.93. The van der Waals surface area contributed by atoms with E-state index in [1.807, 2.05) is 6.92 Å². The van der Waals surface area contributed by atoms with Crippen LogP contribution in [0.3, 0.4) is 0 Å². The molecule has 0 bridgehead atoms. The second-order valence-electron chi connectivity index (χ2n) is 8.23. The summed E-state index contributed by atoms with van der Waals surface area (Å²) < 4.78 is 64.7. The lowest BCUT2D eigenvalue weighted by atomic mass is 10.0. The number of hydrogen-bond acceptors (Lipinski definition) is 4. The third kappa shape index (κ3) is 5.98. The van der Waals surface area contributed by atoms with E-state index in [1.54, 1.807) is 4.90 Å². The number of hydrogen-bond donors (Lipinski definition) is 0. The quantitative estimate of drug-likeness (QED) is 0.654. The second-order valence-corrected chi connectivity index (χ2v) is 10.3. The van der Waals surface area contributed by atoms with Crippen LogP contribution in [0.25, 0.3) is 0 Å². The van der Waals surface area contributed by atoms with Gasteiger partial charge >= 0.3 is 6.18 Å². The van der Waals surface area contributed by atoms with Crippen molar-refractivity contribution in [2.45, 2.75) is 51.4 Å². The van der Waals surface area contributed by atoms with E-state index in [1.165, 1.54) is 16.4 Å². The fourth-order valence-electron chi connectivity index (χ4n) is 4.25. The predicted molar refractivity (Wildman–Crippen MR) is 112 cm³/mol. The molecule has 0 aliphatic carbocycles. The van der Waals surface area contributed by atoms with E-state index in [-0.39, 0.29) is 11.7 Å². The Morgan fingerprint density at radius 3 is 2.26 bits per heavy atom. The van der Waals surface area contributed by atoms with Crippen molar-refractivity contribution in [3.8, 4) is 0 Å². The maximum absolute atomic E-state index is 13.1. The van der Waals surface area contributed by atoms with Crippen molar-refractivity contribution in [1.82, 2.24) is 14.1 Å². The smallest absolute Gasteiger partial charge is 0.339 e. The molecule has 0 saturated carbocycles. The largest absolute Gasteiger partial charge is 0.416 e. The zero-order chi connectivity index (χ0) is 22.6.